The molecule has 6 aliphatic heterocycles. The van der Waals surface area contributed by atoms with Gasteiger partial charge in [0.2, 0.25) is 30.6 Å². The first-order valence-corrected chi connectivity index (χ1v) is 47.4. The van der Waals surface area contributed by atoms with Gasteiger partial charge in [-0.15, -0.1) is 0 Å². The number of nitrogens with zero attached hydrogens (tertiary/aromatic N) is 12. The predicted molar refractivity (Wildman–Crippen MR) is 478 cm³/mol. The molecular formula is C96H129N15O15. The average Bonchev–Trinajstić information content (AvgIpc) is 0.771. The predicted octanol–water partition coefficient (Wildman–Crippen LogP) is 13.0. The fourth-order valence-electron chi connectivity index (χ4n) is 25.6. The number of primary amides is 2. The lowest BCUT2D eigenvalue weighted by atomic mass is 9.68. The zero-order valence-corrected chi connectivity index (χ0v) is 73.6. The number of carboxylic acid groups (broad SMARTS) is 3. The van der Waals surface area contributed by atoms with Crippen molar-refractivity contribution in [2.24, 2.45) is 62.4 Å². The van der Waals surface area contributed by atoms with E-state index in [0.717, 1.165) is 111 Å². The van der Waals surface area contributed by atoms with Gasteiger partial charge in [0.15, 0.2) is 22.8 Å². The molecule has 678 valence electrons. The van der Waals surface area contributed by atoms with Crippen LogP contribution in [0.2, 0.25) is 0 Å². The van der Waals surface area contributed by atoms with Gasteiger partial charge in [0.1, 0.15) is 11.4 Å². The number of carbonyl (C=O) groups is 6. The van der Waals surface area contributed by atoms with Gasteiger partial charge >= 0.3 is 17.9 Å². The Morgan fingerprint density at radius 1 is 0.397 bits per heavy atom. The van der Waals surface area contributed by atoms with Crippen LogP contribution in [0.4, 0.5) is 0 Å². The van der Waals surface area contributed by atoms with E-state index in [1.54, 1.807) is 17.7 Å². The first-order valence-electron chi connectivity index (χ1n) is 47.4. The zero-order valence-electron chi connectivity index (χ0n) is 73.6. The molecular weight excluding hydrogens is 1600 g/mol. The molecule has 12 fully saturated rings. The van der Waals surface area contributed by atoms with Gasteiger partial charge in [0, 0.05) is 105 Å². The Morgan fingerprint density at radius 2 is 0.706 bits per heavy atom. The summed E-state index contributed by atoms with van der Waals surface area (Å²) in [4.78, 5) is 150. The number of nitrogens with two attached hydrogens (primary N) is 2. The van der Waals surface area contributed by atoms with Crippen molar-refractivity contribution in [3.63, 3.8) is 0 Å². The SMILES string of the molecule is CC(C)(O/N=C(\C(N)=O)c1nc2ccccc2n(C2CC3CCCC(C2)N3C2CC3CCCC(C3)C2)c1=O)C(=O)O.CNC(=O)CC/C(=N\OCC(=O)O)c1nc2ccccc2n(C2CC3CCCC(C2)N3C2CC3CCCCC(C3)C2)c1=O.NC(=O)CC/C(=N\OCC(=O)O)c1nc2ccccc2n(C2CC3CCCC(C2)N3C2CC3CCCCC(C3)C2)c1=O. The fraction of sp³-hybridized carbons (Fsp3) is 0.656. The highest BCUT2D eigenvalue weighted by atomic mass is 16.7. The number of oxime groups is 3. The van der Waals surface area contributed by atoms with Crippen LogP contribution in [0.1, 0.15) is 299 Å². The Morgan fingerprint density at radius 3 is 1.02 bits per heavy atom. The molecule has 9 heterocycles. The van der Waals surface area contributed by atoms with Crippen LogP contribution in [0, 0.1) is 35.5 Å². The van der Waals surface area contributed by atoms with Crippen LogP contribution in [0.15, 0.2) is 103 Å². The van der Waals surface area contributed by atoms with Gasteiger partial charge in [-0.3, -0.25) is 43.5 Å². The van der Waals surface area contributed by atoms with Crippen LogP contribution in [0.25, 0.3) is 33.1 Å². The molecule has 0 spiro atoms. The Balaban J connectivity index is 0.000000139. The minimum Gasteiger partial charge on any atom is -0.479 e. The fourth-order valence-corrected chi connectivity index (χ4v) is 25.6. The van der Waals surface area contributed by atoms with E-state index in [1.165, 1.54) is 174 Å². The monoisotopic (exact) mass is 1730 g/mol. The summed E-state index contributed by atoms with van der Waals surface area (Å²) in [5, 5.41) is 41.9. The van der Waals surface area contributed by atoms with Gasteiger partial charge in [-0.1, -0.05) is 142 Å². The van der Waals surface area contributed by atoms with Gasteiger partial charge < -0.3 is 60.3 Å². The lowest BCUT2D eigenvalue weighted by molar-refractivity contribution is -0.161. The van der Waals surface area contributed by atoms with E-state index in [-0.39, 0.29) is 89.3 Å². The smallest absolute Gasteiger partial charge is 0.350 e. The first-order chi connectivity index (χ1) is 60.9. The number of hydrogen-bond donors (Lipinski definition) is 6. The minimum atomic E-state index is -1.72. The van der Waals surface area contributed by atoms with Crippen molar-refractivity contribution in [1.29, 1.82) is 0 Å². The maximum atomic E-state index is 14.3. The van der Waals surface area contributed by atoms with Crippen molar-refractivity contribution in [3.05, 3.63) is 121 Å². The molecule has 12 atom stereocenters. The van der Waals surface area contributed by atoms with Crippen LogP contribution in [0.3, 0.4) is 0 Å². The maximum absolute atomic E-state index is 14.3. The van der Waals surface area contributed by atoms with E-state index in [1.807, 2.05) is 75.9 Å². The molecule has 6 aliphatic carbocycles. The van der Waals surface area contributed by atoms with Gasteiger partial charge in [0.25, 0.3) is 22.6 Å². The van der Waals surface area contributed by atoms with Gasteiger partial charge in [0.05, 0.1) is 33.1 Å². The Labute approximate surface area is 735 Å². The molecule has 12 bridgehead atoms. The number of rotatable bonds is 25. The van der Waals surface area contributed by atoms with Crippen LogP contribution in [-0.2, 0) is 43.3 Å². The molecule has 6 aromatic rings. The minimum absolute atomic E-state index is 0.0129. The van der Waals surface area contributed by atoms with Crippen molar-refractivity contribution in [3.8, 4) is 0 Å². The van der Waals surface area contributed by atoms with Crippen LogP contribution in [0.5, 0.6) is 0 Å². The lowest BCUT2D eigenvalue weighted by Gasteiger charge is -2.55. The van der Waals surface area contributed by atoms with Crippen molar-refractivity contribution < 1.29 is 58.6 Å². The van der Waals surface area contributed by atoms with E-state index >= 15 is 0 Å². The summed E-state index contributed by atoms with van der Waals surface area (Å²) in [6.45, 7) is 1.30. The number of piperidine rings is 6. The molecule has 8 N–H and O–H groups in total. The van der Waals surface area contributed by atoms with Crippen molar-refractivity contribution >= 4 is 85.9 Å². The van der Waals surface area contributed by atoms with Crippen LogP contribution >= 0.6 is 0 Å². The largest absolute Gasteiger partial charge is 0.479 e. The van der Waals surface area contributed by atoms with E-state index in [4.69, 9.17) is 41.2 Å². The van der Waals surface area contributed by atoms with Gasteiger partial charge in [-0.05, 0) is 221 Å². The number of benzene rings is 3. The van der Waals surface area contributed by atoms with Crippen LogP contribution < -0.4 is 33.5 Å². The van der Waals surface area contributed by atoms with E-state index < -0.39 is 59.8 Å². The number of aliphatic carboxylic acids is 3. The average molecular weight is 1730 g/mol. The molecule has 18 rings (SSSR count). The molecule has 3 amide bonds. The summed E-state index contributed by atoms with van der Waals surface area (Å²) in [7, 11) is 1.55. The third-order valence-electron chi connectivity index (χ3n) is 30.7. The third kappa shape index (κ3) is 20.2. The quantitative estimate of drug-likeness (QED) is 0.0229. The number of fused-ring (bicyclic) bond motifs is 15. The summed E-state index contributed by atoms with van der Waals surface area (Å²) >= 11 is 0. The maximum Gasteiger partial charge on any atom is 0.350 e. The summed E-state index contributed by atoms with van der Waals surface area (Å²) in [6.07, 6.45) is 43.6. The van der Waals surface area contributed by atoms with Crippen LogP contribution in [-0.4, -0.2) is 192 Å². The topological polar surface area (TPSA) is 406 Å². The number of carbonyl (C=O) groups excluding carboxylic acids is 3. The summed E-state index contributed by atoms with van der Waals surface area (Å²) < 4.78 is 5.61. The second-order valence-corrected chi connectivity index (χ2v) is 39.3. The molecule has 6 saturated carbocycles. The molecule has 0 radical (unpaired) electrons. The molecule has 30 heteroatoms. The Kier molecular flexibility index (Phi) is 28.3. The highest BCUT2D eigenvalue weighted by Gasteiger charge is 2.50. The molecule has 3 aromatic heterocycles. The number of carboxylic acids is 3. The highest BCUT2D eigenvalue weighted by Crippen LogP contribution is 2.52. The third-order valence-corrected chi connectivity index (χ3v) is 30.7. The molecule has 12 aliphatic rings. The van der Waals surface area contributed by atoms with Crippen molar-refractivity contribution in [2.45, 2.75) is 342 Å². The summed E-state index contributed by atoms with van der Waals surface area (Å²) in [6, 6.07) is 27.3. The first kappa shape index (κ1) is 89.6. The van der Waals surface area contributed by atoms with Crippen molar-refractivity contribution in [2.75, 3.05) is 20.3 Å². The lowest BCUT2D eigenvalue weighted by Crippen LogP contribution is -2.58. The number of nitrogens with one attached hydrogen (secondary N) is 1. The van der Waals surface area contributed by atoms with E-state index in [0.29, 0.717) is 76.4 Å². The van der Waals surface area contributed by atoms with Crippen molar-refractivity contribution in [1.82, 2.24) is 48.7 Å². The van der Waals surface area contributed by atoms with Gasteiger partial charge in [-0.25, -0.2) is 29.3 Å². The molecule has 6 saturated heterocycles. The highest BCUT2D eigenvalue weighted by molar-refractivity contribution is 6.44. The zero-order chi connectivity index (χ0) is 88.0. The summed E-state index contributed by atoms with van der Waals surface area (Å²) in [5.74, 6) is -0.206. The number of aromatic nitrogens is 6. The Bertz CT molecular complexity index is 5190. The molecule has 126 heavy (non-hydrogen) atoms. The molecule has 3 aromatic carbocycles. The second-order valence-electron chi connectivity index (χ2n) is 39.3. The molecule has 30 nitrogen and oxygen atoms in total. The van der Waals surface area contributed by atoms with E-state index in [2.05, 4.69) is 45.5 Å². The summed E-state index contributed by atoms with van der Waals surface area (Å²) in [5.41, 5.74) is 12.3. The van der Waals surface area contributed by atoms with Gasteiger partial charge in [-0.2, -0.15) is 0 Å². The van der Waals surface area contributed by atoms with E-state index in [9.17, 15) is 48.3 Å². The number of hydrogen-bond acceptors (Lipinski definition) is 21. The molecule has 12 unspecified atom stereocenters. The normalized spacial score (nSPS) is 30.1. The number of amides is 3. The number of para-hydroxylation sites is 6. The Hall–Kier alpha value is -9.81. The second kappa shape index (κ2) is 39.8. The standard InChI is InChI=1S/C33H45N5O5.C32H43N5O5.C31H41N5O5/c1-34-30(39)14-13-28(36-43-20-31(40)41)32-33(42)38(29-12-5-4-11-27(29)35-32)26-18-23-9-6-10-24(19-26)37(23)25-16-21-7-2-3-8-22(15-21)17-25;33-29(38)13-12-27(35-42-19-30(39)40)31-32(41)37(28-11-4-3-10-26(28)34-31)25-17-22-8-5-9-23(18-25)36(22)24-15-20-6-1-2-7-21(14-20)16-24;1-31(2,30(39)40)41-34-26(28(32)37)27-29(38)36(25-12-4-3-11-24(25)33-27)23-16-20-9-6-10-21(17-23)35(20)22-14-18-7-5-8-19(13-18)15-22/h4-5,11-12,21-26H,2-3,6-10,13-20H2,1H3,(H,34,39)(H,40,41);3-4,10-11,20-25H,1-2,5-9,12-19H2,(H2,33,38)(H,39,40);3-4,11-12,18-23H,5-10,13-17H2,1-2H3,(H2,32,37)(H,39,40)/b36-28+;35-27+;34-26-.